The summed E-state index contributed by atoms with van der Waals surface area (Å²) in [6, 6.07) is 13.1. The van der Waals surface area contributed by atoms with Crippen molar-refractivity contribution >= 4 is 14.2 Å². The number of hydrogen-bond donors (Lipinski definition) is 1. The SMILES string of the molecule is CC[Si](CC)(CC)O[C@@]1(c2ccccc2)CNC1=O. The molecule has 1 heterocycles. The molecule has 104 valence electrons. The molecule has 0 aliphatic carbocycles. The third-order valence-electron chi connectivity index (χ3n) is 4.43. The smallest absolute Gasteiger partial charge is 0.257 e. The topological polar surface area (TPSA) is 38.3 Å². The maximum atomic E-state index is 12.2. The summed E-state index contributed by atoms with van der Waals surface area (Å²) >= 11 is 0. The van der Waals surface area contributed by atoms with Gasteiger partial charge < -0.3 is 9.74 Å². The molecule has 0 aromatic heterocycles. The first-order valence-electron chi connectivity index (χ1n) is 7.16. The Bertz CT molecular complexity index is 436. The predicted octanol–water partition coefficient (Wildman–Crippen LogP) is 3.03. The fourth-order valence-corrected chi connectivity index (χ4v) is 5.69. The molecule has 4 heteroatoms. The summed E-state index contributed by atoms with van der Waals surface area (Å²) in [5.74, 6) is 0.0194. The molecule has 0 saturated carbocycles. The maximum Gasteiger partial charge on any atom is 0.257 e. The van der Waals surface area contributed by atoms with Gasteiger partial charge in [-0.2, -0.15) is 0 Å². The first-order chi connectivity index (χ1) is 9.12. The van der Waals surface area contributed by atoms with Crippen LogP contribution in [0.15, 0.2) is 30.3 Å². The van der Waals surface area contributed by atoms with Crippen molar-refractivity contribution in [2.45, 2.75) is 44.5 Å². The second-order valence-corrected chi connectivity index (χ2v) is 9.91. The Balaban J connectivity index is 2.34. The summed E-state index contributed by atoms with van der Waals surface area (Å²) in [6.45, 7) is 7.17. The van der Waals surface area contributed by atoms with Gasteiger partial charge >= 0.3 is 0 Å². The molecule has 1 aliphatic heterocycles. The molecule has 1 fully saturated rings. The average molecular weight is 277 g/mol. The van der Waals surface area contributed by atoms with Crippen LogP contribution in [0.25, 0.3) is 0 Å². The molecule has 1 aromatic rings. The van der Waals surface area contributed by atoms with E-state index >= 15 is 0 Å². The van der Waals surface area contributed by atoms with Crippen LogP contribution in [0.1, 0.15) is 26.3 Å². The van der Waals surface area contributed by atoms with E-state index in [2.05, 4.69) is 26.1 Å². The molecule has 0 radical (unpaired) electrons. The highest BCUT2D eigenvalue weighted by atomic mass is 28.4. The van der Waals surface area contributed by atoms with E-state index in [1.807, 2.05) is 30.3 Å². The number of amides is 1. The van der Waals surface area contributed by atoms with Crippen molar-refractivity contribution in [2.24, 2.45) is 0 Å². The number of nitrogens with one attached hydrogen (secondary N) is 1. The van der Waals surface area contributed by atoms with Crippen molar-refractivity contribution < 1.29 is 9.22 Å². The molecular weight excluding hydrogens is 254 g/mol. The van der Waals surface area contributed by atoms with Gasteiger partial charge in [0.1, 0.15) is 0 Å². The Labute approximate surface area is 116 Å². The van der Waals surface area contributed by atoms with Gasteiger partial charge in [0.05, 0.1) is 6.54 Å². The second kappa shape index (κ2) is 5.47. The minimum Gasteiger partial charge on any atom is -0.398 e. The monoisotopic (exact) mass is 277 g/mol. The van der Waals surface area contributed by atoms with Crippen LogP contribution in [-0.4, -0.2) is 20.8 Å². The van der Waals surface area contributed by atoms with Crippen molar-refractivity contribution in [3.05, 3.63) is 35.9 Å². The lowest BCUT2D eigenvalue weighted by atomic mass is 9.87. The molecule has 0 unspecified atom stereocenters. The van der Waals surface area contributed by atoms with Crippen LogP contribution in [0, 0.1) is 0 Å². The van der Waals surface area contributed by atoms with E-state index in [0.29, 0.717) is 6.54 Å². The fraction of sp³-hybridized carbons (Fsp3) is 0.533. The van der Waals surface area contributed by atoms with E-state index in [4.69, 9.17) is 4.43 Å². The zero-order valence-corrected chi connectivity index (χ0v) is 13.0. The summed E-state index contributed by atoms with van der Waals surface area (Å²) in [5, 5.41) is 2.85. The van der Waals surface area contributed by atoms with E-state index in [9.17, 15) is 4.79 Å². The zero-order valence-electron chi connectivity index (χ0n) is 12.0. The number of carbonyl (C=O) groups excluding carboxylic acids is 1. The quantitative estimate of drug-likeness (QED) is 0.641. The van der Waals surface area contributed by atoms with Crippen LogP contribution >= 0.6 is 0 Å². The Morgan fingerprint density at radius 1 is 1.16 bits per heavy atom. The summed E-state index contributed by atoms with van der Waals surface area (Å²) in [7, 11) is -1.81. The minimum absolute atomic E-state index is 0.0194. The van der Waals surface area contributed by atoms with E-state index in [1.54, 1.807) is 0 Å². The van der Waals surface area contributed by atoms with Gasteiger partial charge in [0.25, 0.3) is 5.91 Å². The Morgan fingerprint density at radius 3 is 2.11 bits per heavy atom. The number of hydrogen-bond acceptors (Lipinski definition) is 2. The van der Waals surface area contributed by atoms with E-state index < -0.39 is 13.9 Å². The fourth-order valence-electron chi connectivity index (χ4n) is 2.74. The largest absolute Gasteiger partial charge is 0.398 e. The molecule has 1 saturated heterocycles. The van der Waals surface area contributed by atoms with Crippen molar-refractivity contribution in [1.82, 2.24) is 5.32 Å². The number of rotatable bonds is 6. The van der Waals surface area contributed by atoms with E-state index in [-0.39, 0.29) is 5.91 Å². The predicted molar refractivity (Wildman–Crippen MR) is 79.4 cm³/mol. The number of carbonyl (C=O) groups is 1. The molecule has 1 N–H and O–H groups in total. The summed E-state index contributed by atoms with van der Waals surface area (Å²) in [4.78, 5) is 12.2. The highest BCUT2D eigenvalue weighted by Gasteiger charge is 2.53. The van der Waals surface area contributed by atoms with Crippen molar-refractivity contribution in [1.29, 1.82) is 0 Å². The van der Waals surface area contributed by atoms with Gasteiger partial charge in [-0.25, -0.2) is 0 Å². The van der Waals surface area contributed by atoms with Gasteiger partial charge in [-0.05, 0) is 23.7 Å². The van der Waals surface area contributed by atoms with Crippen LogP contribution in [0.4, 0.5) is 0 Å². The number of benzene rings is 1. The molecule has 1 amide bonds. The minimum atomic E-state index is -1.81. The molecular formula is C15H23NO2Si. The second-order valence-electron chi connectivity index (χ2n) is 5.22. The standard InChI is InChI=1S/C15H23NO2Si/c1-4-19(5-2,6-3)18-15(12-16-14(15)17)13-10-8-7-9-11-13/h7-11H,4-6,12H2,1-3H3,(H,16,17)/t15-/m1/s1. The Morgan fingerprint density at radius 2 is 1.74 bits per heavy atom. The van der Waals surface area contributed by atoms with Crippen LogP contribution in [0.2, 0.25) is 18.1 Å². The maximum absolute atomic E-state index is 12.2. The average Bonchev–Trinajstić information content (AvgIpc) is 2.49. The highest BCUT2D eigenvalue weighted by molar-refractivity contribution is 6.73. The van der Waals surface area contributed by atoms with Gasteiger partial charge in [-0.15, -0.1) is 0 Å². The lowest BCUT2D eigenvalue weighted by Crippen LogP contribution is -2.67. The van der Waals surface area contributed by atoms with E-state index in [0.717, 1.165) is 23.7 Å². The highest BCUT2D eigenvalue weighted by Crippen LogP contribution is 2.37. The van der Waals surface area contributed by atoms with Gasteiger partial charge in [0.15, 0.2) is 13.9 Å². The van der Waals surface area contributed by atoms with Crippen LogP contribution in [-0.2, 0) is 14.8 Å². The molecule has 19 heavy (non-hydrogen) atoms. The van der Waals surface area contributed by atoms with Crippen LogP contribution < -0.4 is 5.32 Å². The molecule has 1 aromatic carbocycles. The molecule has 3 nitrogen and oxygen atoms in total. The summed E-state index contributed by atoms with van der Waals surface area (Å²) in [6.07, 6.45) is 0. The van der Waals surface area contributed by atoms with Gasteiger partial charge in [-0.3, -0.25) is 4.79 Å². The Kier molecular flexibility index (Phi) is 4.11. The van der Waals surface area contributed by atoms with E-state index in [1.165, 1.54) is 0 Å². The molecule has 2 rings (SSSR count). The lowest BCUT2D eigenvalue weighted by molar-refractivity contribution is -0.150. The molecule has 1 atom stereocenters. The summed E-state index contributed by atoms with van der Waals surface area (Å²) in [5.41, 5.74) is 0.265. The third-order valence-corrected chi connectivity index (χ3v) is 9.08. The van der Waals surface area contributed by atoms with Crippen molar-refractivity contribution in [2.75, 3.05) is 6.54 Å². The molecule has 0 spiro atoms. The Hall–Kier alpha value is -1.13. The first kappa shape index (κ1) is 14.3. The van der Waals surface area contributed by atoms with Gasteiger partial charge in [0, 0.05) is 0 Å². The van der Waals surface area contributed by atoms with Gasteiger partial charge in [0.2, 0.25) is 0 Å². The van der Waals surface area contributed by atoms with Crippen LogP contribution in [0.3, 0.4) is 0 Å². The first-order valence-corrected chi connectivity index (χ1v) is 9.69. The number of β-lactam (4-membered cyclic amide) rings is 1. The van der Waals surface area contributed by atoms with Gasteiger partial charge in [-0.1, -0.05) is 51.1 Å². The molecule has 1 aliphatic rings. The van der Waals surface area contributed by atoms with Crippen molar-refractivity contribution in [3.8, 4) is 0 Å². The van der Waals surface area contributed by atoms with Crippen LogP contribution in [0.5, 0.6) is 0 Å². The third kappa shape index (κ3) is 2.35. The zero-order chi connectivity index (χ0) is 13.9. The lowest BCUT2D eigenvalue weighted by Gasteiger charge is -2.47. The summed E-state index contributed by atoms with van der Waals surface area (Å²) < 4.78 is 6.53. The molecule has 0 bridgehead atoms. The normalized spacial score (nSPS) is 22.8. The van der Waals surface area contributed by atoms with Crippen molar-refractivity contribution in [3.63, 3.8) is 0 Å².